The number of hydrogen-bond acceptors (Lipinski definition) is 4. The molecule has 3 atom stereocenters. The van der Waals surface area contributed by atoms with Crippen molar-refractivity contribution in [2.75, 3.05) is 13.2 Å². The van der Waals surface area contributed by atoms with Crippen LogP contribution in [0.25, 0.3) is 0 Å². The van der Waals surface area contributed by atoms with Crippen LogP contribution in [0.1, 0.15) is 44.3 Å². The summed E-state index contributed by atoms with van der Waals surface area (Å²) in [6, 6.07) is 6.60. The molecule has 0 heterocycles. The van der Waals surface area contributed by atoms with Crippen molar-refractivity contribution in [2.45, 2.75) is 57.5 Å². The molecule has 0 aliphatic heterocycles. The van der Waals surface area contributed by atoms with Crippen LogP contribution in [0, 0.1) is 5.41 Å². The number of ether oxygens (including phenoxy) is 2. The highest BCUT2D eigenvalue weighted by molar-refractivity contribution is 5.30. The van der Waals surface area contributed by atoms with E-state index in [0.717, 1.165) is 13.0 Å². The van der Waals surface area contributed by atoms with Crippen molar-refractivity contribution in [3.05, 3.63) is 29.8 Å². The van der Waals surface area contributed by atoms with E-state index >= 15 is 0 Å². The lowest BCUT2D eigenvalue weighted by molar-refractivity contribution is -0.173. The van der Waals surface area contributed by atoms with E-state index in [4.69, 9.17) is 4.74 Å². The molecule has 2 aliphatic carbocycles. The van der Waals surface area contributed by atoms with Gasteiger partial charge in [0.15, 0.2) is 0 Å². The predicted molar refractivity (Wildman–Crippen MR) is 86.1 cm³/mol. The van der Waals surface area contributed by atoms with Crippen LogP contribution in [0.5, 0.6) is 5.75 Å². The second-order valence-corrected chi connectivity index (χ2v) is 6.69. The van der Waals surface area contributed by atoms with Crippen molar-refractivity contribution in [2.24, 2.45) is 5.41 Å². The maximum Gasteiger partial charge on any atom is 0.387 e. The maximum atomic E-state index is 12.3. The van der Waals surface area contributed by atoms with Crippen molar-refractivity contribution in [1.29, 1.82) is 0 Å². The van der Waals surface area contributed by atoms with Gasteiger partial charge in [-0.1, -0.05) is 18.6 Å². The quantitative estimate of drug-likeness (QED) is 0.762. The smallest absolute Gasteiger partial charge is 0.387 e. The lowest BCUT2D eigenvalue weighted by Crippen LogP contribution is -2.67. The van der Waals surface area contributed by atoms with Gasteiger partial charge >= 0.3 is 6.61 Å². The van der Waals surface area contributed by atoms with Crippen molar-refractivity contribution in [1.82, 2.24) is 5.32 Å². The average Bonchev–Trinajstić information content (AvgIpc) is 2.47. The van der Waals surface area contributed by atoms with Gasteiger partial charge in [0.05, 0.1) is 12.2 Å². The van der Waals surface area contributed by atoms with Crippen molar-refractivity contribution in [3.63, 3.8) is 0 Å². The lowest BCUT2D eigenvalue weighted by atomic mass is 9.51. The SMILES string of the molecule is CCOC1CC(NCC(O)c2cccc(OC(F)F)c2)C12CCC2. The molecule has 0 radical (unpaired) electrons. The summed E-state index contributed by atoms with van der Waals surface area (Å²) in [6.45, 7) is 0.285. The fraction of sp³-hybridized carbons (Fsp3) is 0.667. The number of benzene rings is 1. The van der Waals surface area contributed by atoms with E-state index in [9.17, 15) is 13.9 Å². The van der Waals surface area contributed by atoms with Crippen LogP contribution in [0.15, 0.2) is 24.3 Å². The Morgan fingerprint density at radius 2 is 2.17 bits per heavy atom. The van der Waals surface area contributed by atoms with Gasteiger partial charge < -0.3 is 19.9 Å². The Morgan fingerprint density at radius 3 is 2.79 bits per heavy atom. The number of rotatable bonds is 8. The first kappa shape index (κ1) is 17.6. The van der Waals surface area contributed by atoms with E-state index in [1.807, 2.05) is 6.92 Å². The third-order valence-electron chi connectivity index (χ3n) is 5.46. The summed E-state index contributed by atoms with van der Waals surface area (Å²) in [5, 5.41) is 13.8. The summed E-state index contributed by atoms with van der Waals surface area (Å²) >= 11 is 0. The Bertz CT molecular complexity index is 551. The minimum Gasteiger partial charge on any atom is -0.435 e. The molecule has 3 unspecified atom stereocenters. The van der Waals surface area contributed by atoms with E-state index in [1.54, 1.807) is 12.1 Å². The number of nitrogens with one attached hydrogen (secondary N) is 1. The highest BCUT2D eigenvalue weighted by Gasteiger charge is 2.58. The van der Waals surface area contributed by atoms with E-state index in [1.165, 1.54) is 31.4 Å². The predicted octanol–water partition coefficient (Wildman–Crippen LogP) is 3.26. The van der Waals surface area contributed by atoms with E-state index in [2.05, 4.69) is 10.1 Å². The van der Waals surface area contributed by atoms with Gasteiger partial charge in [0.2, 0.25) is 0 Å². The number of hydrogen-bond donors (Lipinski definition) is 2. The van der Waals surface area contributed by atoms with Gasteiger partial charge in [0, 0.05) is 24.6 Å². The molecule has 3 rings (SSSR count). The summed E-state index contributed by atoms with van der Waals surface area (Å²) < 4.78 is 34.8. The first-order valence-corrected chi connectivity index (χ1v) is 8.63. The Kier molecular flexibility index (Phi) is 5.37. The molecule has 4 nitrogen and oxygen atoms in total. The van der Waals surface area contributed by atoms with Crippen LogP contribution >= 0.6 is 0 Å². The summed E-state index contributed by atoms with van der Waals surface area (Å²) in [4.78, 5) is 0. The highest BCUT2D eigenvalue weighted by atomic mass is 19.3. The largest absolute Gasteiger partial charge is 0.435 e. The number of aliphatic hydroxyl groups excluding tert-OH is 1. The zero-order valence-corrected chi connectivity index (χ0v) is 13.9. The molecule has 134 valence electrons. The minimum absolute atomic E-state index is 0.0667. The van der Waals surface area contributed by atoms with E-state index in [0.29, 0.717) is 24.3 Å². The first-order chi connectivity index (χ1) is 11.5. The summed E-state index contributed by atoms with van der Waals surface area (Å²) in [6.07, 6.45) is 4.11. The number of alkyl halides is 2. The van der Waals surface area contributed by atoms with Crippen LogP contribution in [0.2, 0.25) is 0 Å². The van der Waals surface area contributed by atoms with Crippen LogP contribution in [-0.4, -0.2) is 37.0 Å². The van der Waals surface area contributed by atoms with Gasteiger partial charge in [0.25, 0.3) is 0 Å². The molecule has 2 aliphatic rings. The molecule has 1 aromatic rings. The molecule has 0 amide bonds. The topological polar surface area (TPSA) is 50.7 Å². The molecule has 0 saturated heterocycles. The maximum absolute atomic E-state index is 12.3. The van der Waals surface area contributed by atoms with Crippen LogP contribution in [-0.2, 0) is 4.74 Å². The normalized spacial score (nSPS) is 26.0. The standard InChI is InChI=1S/C18H25F2NO3/c1-2-23-16-10-15(18(16)7-4-8-18)21-11-14(22)12-5-3-6-13(9-12)24-17(19)20/h3,5-6,9,14-17,21-22H,2,4,7-8,10-11H2,1H3. The molecule has 24 heavy (non-hydrogen) atoms. The molecule has 1 aromatic carbocycles. The molecule has 1 spiro atoms. The minimum atomic E-state index is -2.86. The summed E-state index contributed by atoms with van der Waals surface area (Å²) in [7, 11) is 0. The second kappa shape index (κ2) is 7.33. The summed E-state index contributed by atoms with van der Waals surface area (Å²) in [5.74, 6) is 0.0667. The molecule has 2 fully saturated rings. The molecule has 0 aromatic heterocycles. The zero-order valence-electron chi connectivity index (χ0n) is 13.9. The molecule has 0 bridgehead atoms. The van der Waals surface area contributed by atoms with E-state index < -0.39 is 12.7 Å². The fourth-order valence-corrected chi connectivity index (χ4v) is 3.99. The molecule has 6 heteroatoms. The van der Waals surface area contributed by atoms with Gasteiger partial charge in [-0.25, -0.2) is 0 Å². The Hall–Kier alpha value is -1.24. The van der Waals surface area contributed by atoms with Crippen LogP contribution in [0.3, 0.4) is 0 Å². The number of aliphatic hydroxyl groups is 1. The Morgan fingerprint density at radius 1 is 1.38 bits per heavy atom. The number of halogens is 2. The molecular formula is C18H25F2NO3. The highest BCUT2D eigenvalue weighted by Crippen LogP contribution is 2.57. The van der Waals surface area contributed by atoms with Crippen molar-refractivity contribution < 1.29 is 23.4 Å². The monoisotopic (exact) mass is 341 g/mol. The first-order valence-electron chi connectivity index (χ1n) is 8.63. The fourth-order valence-electron chi connectivity index (χ4n) is 3.99. The lowest BCUT2D eigenvalue weighted by Gasteiger charge is -2.61. The second-order valence-electron chi connectivity index (χ2n) is 6.69. The van der Waals surface area contributed by atoms with Gasteiger partial charge in [-0.3, -0.25) is 0 Å². The van der Waals surface area contributed by atoms with Crippen molar-refractivity contribution in [3.8, 4) is 5.75 Å². The summed E-state index contributed by atoms with van der Waals surface area (Å²) in [5.41, 5.74) is 0.806. The molecule has 2 N–H and O–H groups in total. The molecular weight excluding hydrogens is 316 g/mol. The molecule has 2 saturated carbocycles. The average molecular weight is 341 g/mol. The van der Waals surface area contributed by atoms with Crippen molar-refractivity contribution >= 4 is 0 Å². The van der Waals surface area contributed by atoms with Gasteiger partial charge in [-0.2, -0.15) is 8.78 Å². The van der Waals surface area contributed by atoms with Gasteiger partial charge in [-0.15, -0.1) is 0 Å². The van der Waals surface area contributed by atoms with Gasteiger partial charge in [0.1, 0.15) is 5.75 Å². The Balaban J connectivity index is 1.54. The van der Waals surface area contributed by atoms with Crippen LogP contribution in [0.4, 0.5) is 8.78 Å². The van der Waals surface area contributed by atoms with E-state index in [-0.39, 0.29) is 11.2 Å². The zero-order chi connectivity index (χ0) is 17.2. The van der Waals surface area contributed by atoms with Gasteiger partial charge in [-0.05, 0) is 43.9 Å². The van der Waals surface area contributed by atoms with Crippen LogP contribution < -0.4 is 10.1 Å². The Labute approximate surface area is 141 Å². The third kappa shape index (κ3) is 3.41. The third-order valence-corrected chi connectivity index (χ3v) is 5.46.